The molecule has 1 heterocycles. The van der Waals surface area contributed by atoms with Crippen molar-refractivity contribution in [2.75, 3.05) is 0 Å². The molecule has 4 fully saturated rings. The van der Waals surface area contributed by atoms with Gasteiger partial charge in [0.25, 0.3) is 5.91 Å². The van der Waals surface area contributed by atoms with Gasteiger partial charge in [-0.15, -0.1) is 0 Å². The van der Waals surface area contributed by atoms with Crippen LogP contribution in [0, 0.1) is 17.7 Å². The average Bonchev–Trinajstić information content (AvgIpc) is 2.71. The van der Waals surface area contributed by atoms with Crippen LogP contribution in [0.2, 0.25) is 0 Å². The predicted octanol–water partition coefficient (Wildman–Crippen LogP) is 4.24. The number of carbonyl (C=O) groups is 2. The molecule has 2 amide bonds. The summed E-state index contributed by atoms with van der Waals surface area (Å²) in [4.78, 5) is 32.2. The summed E-state index contributed by atoms with van der Waals surface area (Å²) in [6, 6.07) is 5.49. The van der Waals surface area contributed by atoms with E-state index >= 15 is 0 Å². The first-order valence-electron chi connectivity index (χ1n) is 11.0. The van der Waals surface area contributed by atoms with E-state index in [0.29, 0.717) is 24.5 Å². The topological polar surface area (TPSA) is 93.2 Å². The smallest absolute Gasteiger partial charge is 0.390 e. The molecule has 2 atom stereocenters. The van der Waals surface area contributed by atoms with Crippen LogP contribution in [0.1, 0.15) is 54.6 Å². The average molecular weight is 478 g/mol. The van der Waals surface area contributed by atoms with E-state index in [1.165, 1.54) is 18.2 Å². The van der Waals surface area contributed by atoms with Crippen molar-refractivity contribution in [2.45, 2.75) is 55.8 Å². The zero-order valence-corrected chi connectivity index (χ0v) is 18.0. The fourth-order valence-corrected chi connectivity index (χ4v) is 6.35. The van der Waals surface area contributed by atoms with Crippen molar-refractivity contribution in [2.24, 2.45) is 11.8 Å². The molecule has 0 radical (unpaired) electrons. The highest BCUT2D eigenvalue weighted by atomic mass is 19.4. The van der Waals surface area contributed by atoms with Crippen LogP contribution in [0.5, 0.6) is 5.88 Å². The second kappa shape index (κ2) is 7.92. The molecule has 4 bridgehead atoms. The molecule has 6 rings (SSSR count). The lowest BCUT2D eigenvalue weighted by molar-refractivity contribution is -0.141. The number of amides is 2. The number of aromatic nitrogens is 2. The first-order chi connectivity index (χ1) is 16.0. The molecule has 4 aliphatic carbocycles. The Bertz CT molecular complexity index is 1110. The number of benzene rings is 1. The number of nitrogens with one attached hydrogen (secondary N) is 2. The highest BCUT2D eigenvalue weighted by molar-refractivity contribution is 5.94. The number of hydrogen-bond donors (Lipinski definition) is 2. The van der Waals surface area contributed by atoms with E-state index in [4.69, 9.17) is 4.74 Å². The molecule has 180 valence electrons. The third-order valence-corrected chi connectivity index (χ3v) is 7.01. The Morgan fingerprint density at radius 3 is 2.26 bits per heavy atom. The quantitative estimate of drug-likeness (QED) is 0.642. The zero-order valence-electron chi connectivity index (χ0n) is 18.0. The molecule has 2 unspecified atom stereocenters. The van der Waals surface area contributed by atoms with Crippen molar-refractivity contribution in [3.05, 3.63) is 53.7 Å². The Morgan fingerprint density at radius 1 is 1.00 bits per heavy atom. The number of ether oxygens (including phenoxy) is 1. The van der Waals surface area contributed by atoms with Crippen LogP contribution in [0.3, 0.4) is 0 Å². The van der Waals surface area contributed by atoms with Gasteiger partial charge in [0, 0.05) is 16.6 Å². The normalized spacial score (nSPS) is 29.5. The Morgan fingerprint density at radius 2 is 1.68 bits per heavy atom. The molecule has 34 heavy (non-hydrogen) atoms. The summed E-state index contributed by atoms with van der Waals surface area (Å²) in [6.45, 7) is 0. The maximum Gasteiger partial charge on any atom is 0.434 e. The van der Waals surface area contributed by atoms with Crippen molar-refractivity contribution in [1.29, 1.82) is 0 Å². The van der Waals surface area contributed by atoms with Crippen LogP contribution in [0.15, 0.2) is 36.7 Å². The lowest BCUT2D eigenvalue weighted by Gasteiger charge is -2.62. The molecule has 4 saturated carbocycles. The van der Waals surface area contributed by atoms with Crippen molar-refractivity contribution in [1.82, 2.24) is 20.6 Å². The van der Waals surface area contributed by atoms with Gasteiger partial charge in [0.1, 0.15) is 5.82 Å². The Kier molecular flexibility index (Phi) is 5.25. The fourth-order valence-electron chi connectivity index (χ4n) is 6.35. The lowest BCUT2D eigenvalue weighted by atomic mass is 9.50. The van der Waals surface area contributed by atoms with Gasteiger partial charge in [0.05, 0.1) is 12.4 Å². The maximum atomic E-state index is 13.6. The largest absolute Gasteiger partial charge is 0.434 e. The first-order valence-corrected chi connectivity index (χ1v) is 11.0. The predicted molar refractivity (Wildman–Crippen MR) is 110 cm³/mol. The standard InChI is InChI=1S/C23H22F4N4O3/c24-16-3-1-2-15(5-16)19(32)30-21-6-13-4-14(7-21)9-22(8-13,12-21)31-20(33)34-18-11-28-17(10-29-18)23(25,26)27/h1-3,5,10-11,13-14H,4,6-9,12H2,(H,30,32)(H,31,33). The molecular weight excluding hydrogens is 456 g/mol. The highest BCUT2D eigenvalue weighted by Crippen LogP contribution is 2.57. The van der Waals surface area contributed by atoms with E-state index in [1.807, 2.05) is 0 Å². The third kappa shape index (κ3) is 4.43. The van der Waals surface area contributed by atoms with E-state index in [0.717, 1.165) is 38.3 Å². The van der Waals surface area contributed by atoms with Crippen LogP contribution in [0.25, 0.3) is 0 Å². The monoisotopic (exact) mass is 478 g/mol. The Hall–Kier alpha value is -3.24. The van der Waals surface area contributed by atoms with E-state index in [1.54, 1.807) is 6.07 Å². The zero-order chi connectivity index (χ0) is 24.1. The van der Waals surface area contributed by atoms with Gasteiger partial charge in [-0.2, -0.15) is 13.2 Å². The van der Waals surface area contributed by atoms with Gasteiger partial charge >= 0.3 is 12.3 Å². The first kappa shape index (κ1) is 22.5. The molecule has 1 aromatic heterocycles. The molecule has 0 saturated heterocycles. The molecule has 0 aliphatic heterocycles. The van der Waals surface area contributed by atoms with Crippen LogP contribution >= 0.6 is 0 Å². The highest BCUT2D eigenvalue weighted by Gasteiger charge is 2.59. The Balaban J connectivity index is 1.29. The van der Waals surface area contributed by atoms with Crippen LogP contribution in [-0.2, 0) is 6.18 Å². The minimum absolute atomic E-state index is 0.234. The van der Waals surface area contributed by atoms with Gasteiger partial charge < -0.3 is 15.4 Å². The van der Waals surface area contributed by atoms with Gasteiger partial charge in [-0.25, -0.2) is 19.2 Å². The number of nitrogens with zero attached hydrogens (tertiary/aromatic N) is 2. The molecule has 1 aromatic carbocycles. The second-order valence-corrected chi connectivity index (χ2v) is 9.74. The molecule has 7 nitrogen and oxygen atoms in total. The summed E-state index contributed by atoms with van der Waals surface area (Å²) < 4.78 is 56.6. The summed E-state index contributed by atoms with van der Waals surface area (Å²) in [5.74, 6) is -0.616. The van der Waals surface area contributed by atoms with E-state index in [2.05, 4.69) is 20.6 Å². The number of halogens is 4. The van der Waals surface area contributed by atoms with Gasteiger partial charge in [-0.1, -0.05) is 6.07 Å². The Labute approximate surface area is 192 Å². The van der Waals surface area contributed by atoms with E-state index in [-0.39, 0.29) is 17.4 Å². The van der Waals surface area contributed by atoms with Crippen molar-refractivity contribution in [3.8, 4) is 5.88 Å². The fraction of sp³-hybridized carbons (Fsp3) is 0.478. The lowest BCUT2D eigenvalue weighted by Crippen LogP contribution is -2.70. The third-order valence-electron chi connectivity index (χ3n) is 7.01. The maximum absolute atomic E-state index is 13.6. The summed E-state index contributed by atoms with van der Waals surface area (Å²) >= 11 is 0. The minimum Gasteiger partial charge on any atom is -0.390 e. The molecular formula is C23H22F4N4O3. The number of alkyl halides is 3. The van der Waals surface area contributed by atoms with Crippen molar-refractivity contribution in [3.63, 3.8) is 0 Å². The van der Waals surface area contributed by atoms with Crippen LogP contribution < -0.4 is 15.4 Å². The molecule has 11 heteroatoms. The van der Waals surface area contributed by atoms with E-state index in [9.17, 15) is 27.2 Å². The summed E-state index contributed by atoms with van der Waals surface area (Å²) in [5.41, 5.74) is -2.10. The van der Waals surface area contributed by atoms with Gasteiger partial charge in [-0.05, 0) is 68.6 Å². The van der Waals surface area contributed by atoms with Gasteiger partial charge in [0.15, 0.2) is 5.69 Å². The summed E-state index contributed by atoms with van der Waals surface area (Å²) in [5, 5.41) is 6.01. The van der Waals surface area contributed by atoms with Crippen LogP contribution in [0.4, 0.5) is 22.4 Å². The van der Waals surface area contributed by atoms with Gasteiger partial charge in [-0.3, -0.25) is 4.79 Å². The van der Waals surface area contributed by atoms with Crippen LogP contribution in [-0.4, -0.2) is 33.0 Å². The number of rotatable bonds is 4. The SMILES string of the molecule is O=C(NC12CC3CC(C1)CC(NC(=O)c1cccc(F)c1)(C3)C2)Oc1cnc(C(F)(F)F)cn1. The van der Waals surface area contributed by atoms with Crippen molar-refractivity contribution >= 4 is 12.0 Å². The molecule has 0 spiro atoms. The summed E-state index contributed by atoms with van der Waals surface area (Å²) in [7, 11) is 0. The minimum atomic E-state index is -4.64. The van der Waals surface area contributed by atoms with E-state index < -0.39 is 34.9 Å². The second-order valence-electron chi connectivity index (χ2n) is 9.74. The number of hydrogen-bond acceptors (Lipinski definition) is 5. The molecule has 2 N–H and O–H groups in total. The summed E-state index contributed by atoms with van der Waals surface area (Å²) in [6.07, 6.45) is 0.250. The van der Waals surface area contributed by atoms with Gasteiger partial charge in [0.2, 0.25) is 5.88 Å². The molecule has 4 aliphatic rings. The number of carbonyl (C=O) groups excluding carboxylic acids is 2. The van der Waals surface area contributed by atoms with Crippen molar-refractivity contribution < 1.29 is 31.9 Å². The molecule has 2 aromatic rings.